The van der Waals surface area contributed by atoms with E-state index < -0.39 is 0 Å². The fourth-order valence-electron chi connectivity index (χ4n) is 2.92. The molecule has 0 radical (unpaired) electrons. The molecule has 1 aliphatic carbocycles. The topological polar surface area (TPSA) is 26.0 Å². The van der Waals surface area contributed by atoms with Crippen molar-refractivity contribution in [3.05, 3.63) is 29.8 Å². The van der Waals surface area contributed by atoms with Crippen molar-refractivity contribution in [3.8, 4) is 0 Å². The summed E-state index contributed by atoms with van der Waals surface area (Å²) in [7, 11) is 0. The Labute approximate surface area is 92.7 Å². The quantitative estimate of drug-likeness (QED) is 0.723. The van der Waals surface area contributed by atoms with Crippen LogP contribution in [0.1, 0.15) is 50.5 Å². The van der Waals surface area contributed by atoms with Crippen LogP contribution >= 0.6 is 0 Å². The Kier molecular flexibility index (Phi) is 3.30. The monoisotopic (exact) mass is 203 g/mol. The molecular formula is C14H21N. The number of nitrogen functional groups attached to an aromatic ring is 1. The van der Waals surface area contributed by atoms with Gasteiger partial charge in [-0.15, -0.1) is 0 Å². The predicted octanol–water partition coefficient (Wildman–Crippen LogP) is 3.95. The lowest BCUT2D eigenvalue weighted by Crippen LogP contribution is -2.17. The highest BCUT2D eigenvalue weighted by atomic mass is 14.5. The highest BCUT2D eigenvalue weighted by molar-refractivity contribution is 5.42. The highest BCUT2D eigenvalue weighted by Gasteiger charge is 2.24. The Morgan fingerprint density at radius 1 is 1.27 bits per heavy atom. The average Bonchev–Trinajstić information content (AvgIpc) is 2.29. The van der Waals surface area contributed by atoms with Crippen molar-refractivity contribution in [3.63, 3.8) is 0 Å². The van der Waals surface area contributed by atoms with Crippen molar-refractivity contribution in [2.75, 3.05) is 5.73 Å². The van der Waals surface area contributed by atoms with Gasteiger partial charge in [-0.1, -0.05) is 38.3 Å². The molecule has 15 heavy (non-hydrogen) atoms. The summed E-state index contributed by atoms with van der Waals surface area (Å²) in [5.74, 6) is 1.63. The molecule has 0 aromatic heterocycles. The molecule has 0 saturated heterocycles. The molecule has 2 atom stereocenters. The Hall–Kier alpha value is -0.980. The SMILES string of the molecule is CC[C@H]1CCCC[C@@H]1c1cccc(N)c1. The van der Waals surface area contributed by atoms with Crippen LogP contribution in [0, 0.1) is 5.92 Å². The lowest BCUT2D eigenvalue weighted by atomic mass is 9.74. The Morgan fingerprint density at radius 3 is 2.80 bits per heavy atom. The molecule has 0 heterocycles. The van der Waals surface area contributed by atoms with Gasteiger partial charge in [0.25, 0.3) is 0 Å². The molecule has 1 heteroatoms. The zero-order valence-electron chi connectivity index (χ0n) is 9.58. The van der Waals surface area contributed by atoms with Crippen molar-refractivity contribution >= 4 is 5.69 Å². The second-order valence-corrected chi connectivity index (χ2v) is 4.73. The van der Waals surface area contributed by atoms with Crippen molar-refractivity contribution in [1.82, 2.24) is 0 Å². The molecule has 2 N–H and O–H groups in total. The molecular weight excluding hydrogens is 182 g/mol. The molecule has 1 fully saturated rings. The smallest absolute Gasteiger partial charge is 0.0316 e. The first kappa shape index (κ1) is 10.5. The van der Waals surface area contributed by atoms with Gasteiger partial charge in [0.1, 0.15) is 0 Å². The van der Waals surface area contributed by atoms with Gasteiger partial charge < -0.3 is 5.73 Å². The molecule has 1 nitrogen and oxygen atoms in total. The van der Waals surface area contributed by atoms with E-state index in [1.165, 1.54) is 37.7 Å². The van der Waals surface area contributed by atoms with E-state index in [4.69, 9.17) is 5.73 Å². The second kappa shape index (κ2) is 4.69. The molecule has 1 aromatic carbocycles. The number of nitrogens with two attached hydrogens (primary N) is 1. The summed E-state index contributed by atoms with van der Waals surface area (Å²) in [6.07, 6.45) is 6.85. The molecule has 1 saturated carbocycles. The molecule has 0 unspecified atom stereocenters. The first-order chi connectivity index (χ1) is 7.31. The van der Waals surface area contributed by atoms with Crippen molar-refractivity contribution < 1.29 is 0 Å². The van der Waals surface area contributed by atoms with Crippen molar-refractivity contribution in [2.45, 2.75) is 44.9 Å². The molecule has 1 aliphatic rings. The highest BCUT2D eigenvalue weighted by Crippen LogP contribution is 2.39. The van der Waals surface area contributed by atoms with Gasteiger partial charge in [0.15, 0.2) is 0 Å². The summed E-state index contributed by atoms with van der Waals surface area (Å²) in [5, 5.41) is 0. The van der Waals surface area contributed by atoms with Crippen molar-refractivity contribution in [1.29, 1.82) is 0 Å². The lowest BCUT2D eigenvalue weighted by Gasteiger charge is -2.31. The van der Waals surface area contributed by atoms with Crippen LogP contribution in [-0.2, 0) is 0 Å². The molecule has 0 amide bonds. The maximum atomic E-state index is 5.85. The summed E-state index contributed by atoms with van der Waals surface area (Å²) in [4.78, 5) is 0. The first-order valence-electron chi connectivity index (χ1n) is 6.16. The predicted molar refractivity (Wildman–Crippen MR) is 65.8 cm³/mol. The third-order valence-electron chi connectivity index (χ3n) is 3.77. The van der Waals surface area contributed by atoms with E-state index in [0.29, 0.717) is 0 Å². The summed E-state index contributed by atoms with van der Waals surface area (Å²) < 4.78 is 0. The Morgan fingerprint density at radius 2 is 2.07 bits per heavy atom. The normalized spacial score (nSPS) is 26.5. The van der Waals surface area contributed by atoms with Crippen molar-refractivity contribution in [2.24, 2.45) is 5.92 Å². The van der Waals surface area contributed by atoms with E-state index in [0.717, 1.165) is 17.5 Å². The van der Waals surface area contributed by atoms with E-state index in [-0.39, 0.29) is 0 Å². The molecule has 82 valence electrons. The first-order valence-corrected chi connectivity index (χ1v) is 6.16. The third kappa shape index (κ3) is 2.34. The van der Waals surface area contributed by atoms with Crippen LogP contribution in [0.4, 0.5) is 5.69 Å². The standard InChI is InChI=1S/C14H21N/c1-2-11-6-3-4-9-14(11)12-7-5-8-13(15)10-12/h5,7-8,10-11,14H,2-4,6,9,15H2,1H3/t11-,14-/m0/s1. The van der Waals surface area contributed by atoms with Gasteiger partial charge in [-0.2, -0.15) is 0 Å². The average molecular weight is 203 g/mol. The van der Waals surface area contributed by atoms with Crippen LogP contribution in [0.2, 0.25) is 0 Å². The summed E-state index contributed by atoms with van der Waals surface area (Å²) in [5.41, 5.74) is 8.22. The zero-order valence-corrected chi connectivity index (χ0v) is 9.58. The molecule has 2 rings (SSSR count). The molecule has 1 aromatic rings. The number of benzene rings is 1. The minimum atomic E-state index is 0.757. The van der Waals surface area contributed by atoms with E-state index in [9.17, 15) is 0 Å². The Balaban J connectivity index is 2.20. The van der Waals surface area contributed by atoms with Crippen LogP contribution in [0.3, 0.4) is 0 Å². The summed E-state index contributed by atoms with van der Waals surface area (Å²) >= 11 is 0. The van der Waals surface area contributed by atoms with Gasteiger partial charge in [0.05, 0.1) is 0 Å². The second-order valence-electron chi connectivity index (χ2n) is 4.73. The van der Waals surface area contributed by atoms with Gasteiger partial charge >= 0.3 is 0 Å². The molecule has 0 bridgehead atoms. The number of anilines is 1. The summed E-state index contributed by atoms with van der Waals surface area (Å²) in [6, 6.07) is 8.48. The molecule has 0 aliphatic heterocycles. The minimum Gasteiger partial charge on any atom is -0.399 e. The van der Waals surface area contributed by atoms with Gasteiger partial charge in [-0.25, -0.2) is 0 Å². The van der Waals surface area contributed by atoms with Gasteiger partial charge in [0, 0.05) is 5.69 Å². The van der Waals surface area contributed by atoms with Crippen LogP contribution in [-0.4, -0.2) is 0 Å². The third-order valence-corrected chi connectivity index (χ3v) is 3.77. The maximum absolute atomic E-state index is 5.85. The molecule has 0 spiro atoms. The number of rotatable bonds is 2. The van der Waals surface area contributed by atoms with Gasteiger partial charge in [-0.3, -0.25) is 0 Å². The van der Waals surface area contributed by atoms with Gasteiger partial charge in [0.2, 0.25) is 0 Å². The lowest BCUT2D eigenvalue weighted by molar-refractivity contribution is 0.299. The van der Waals surface area contributed by atoms with E-state index in [2.05, 4.69) is 25.1 Å². The Bertz CT molecular complexity index is 319. The van der Waals surface area contributed by atoms with Crippen LogP contribution < -0.4 is 5.73 Å². The van der Waals surface area contributed by atoms with E-state index >= 15 is 0 Å². The van der Waals surface area contributed by atoms with Crippen LogP contribution in [0.25, 0.3) is 0 Å². The van der Waals surface area contributed by atoms with Gasteiger partial charge in [-0.05, 0) is 42.4 Å². The zero-order chi connectivity index (χ0) is 10.7. The van der Waals surface area contributed by atoms with E-state index in [1.807, 2.05) is 6.07 Å². The number of hydrogen-bond acceptors (Lipinski definition) is 1. The fraction of sp³-hybridized carbons (Fsp3) is 0.571. The maximum Gasteiger partial charge on any atom is 0.0316 e. The van der Waals surface area contributed by atoms with Crippen LogP contribution in [0.15, 0.2) is 24.3 Å². The number of hydrogen-bond donors (Lipinski definition) is 1. The fourth-order valence-corrected chi connectivity index (χ4v) is 2.92. The largest absolute Gasteiger partial charge is 0.399 e. The minimum absolute atomic E-state index is 0.757. The van der Waals surface area contributed by atoms with Crippen LogP contribution in [0.5, 0.6) is 0 Å². The summed E-state index contributed by atoms with van der Waals surface area (Å²) in [6.45, 7) is 2.31. The van der Waals surface area contributed by atoms with E-state index in [1.54, 1.807) is 0 Å².